The summed E-state index contributed by atoms with van der Waals surface area (Å²) >= 11 is 0. The van der Waals surface area contributed by atoms with Crippen LogP contribution in [0.25, 0.3) is 16.9 Å². The molecular weight excluding hydrogens is 386 g/mol. The van der Waals surface area contributed by atoms with Crippen molar-refractivity contribution in [1.29, 1.82) is 0 Å². The summed E-state index contributed by atoms with van der Waals surface area (Å²) in [5.41, 5.74) is 2.78. The molecule has 0 atom stereocenters. The minimum absolute atomic E-state index is 0.411. The highest BCUT2D eigenvalue weighted by atomic mass is 16.5. The third-order valence-electron chi connectivity index (χ3n) is 4.49. The number of anilines is 2. The van der Waals surface area contributed by atoms with E-state index >= 15 is 0 Å². The van der Waals surface area contributed by atoms with E-state index in [1.807, 2.05) is 24.3 Å². The molecule has 2 aromatic carbocycles. The minimum atomic E-state index is 0.411. The van der Waals surface area contributed by atoms with E-state index in [4.69, 9.17) is 18.9 Å². The number of rotatable bonds is 7. The van der Waals surface area contributed by atoms with E-state index in [9.17, 15) is 0 Å². The van der Waals surface area contributed by atoms with Crippen molar-refractivity contribution >= 4 is 17.3 Å². The molecule has 0 saturated heterocycles. The zero-order chi connectivity index (χ0) is 21.1. The highest BCUT2D eigenvalue weighted by molar-refractivity contribution is 5.76. The first-order chi connectivity index (χ1) is 14.6. The Hall–Kier alpha value is -4.01. The molecule has 4 rings (SSSR count). The van der Waals surface area contributed by atoms with Crippen molar-refractivity contribution < 1.29 is 18.9 Å². The van der Waals surface area contributed by atoms with Crippen LogP contribution in [-0.2, 0) is 0 Å². The number of aromatic nitrogens is 4. The van der Waals surface area contributed by atoms with Crippen LogP contribution >= 0.6 is 0 Å². The fourth-order valence-corrected chi connectivity index (χ4v) is 3.03. The van der Waals surface area contributed by atoms with Crippen LogP contribution in [0.1, 0.15) is 0 Å². The Bertz CT molecular complexity index is 1150. The van der Waals surface area contributed by atoms with Crippen molar-refractivity contribution in [2.24, 2.45) is 0 Å². The molecule has 0 saturated carbocycles. The maximum absolute atomic E-state index is 5.37. The Kier molecular flexibility index (Phi) is 5.25. The van der Waals surface area contributed by atoms with Crippen molar-refractivity contribution in [3.05, 3.63) is 48.8 Å². The average Bonchev–Trinajstić information content (AvgIpc) is 3.20. The van der Waals surface area contributed by atoms with Gasteiger partial charge in [-0.2, -0.15) is 4.98 Å². The highest BCUT2D eigenvalue weighted by Gasteiger charge is 2.14. The topological polar surface area (TPSA) is 92.0 Å². The van der Waals surface area contributed by atoms with Crippen LogP contribution in [0.15, 0.2) is 48.8 Å². The van der Waals surface area contributed by atoms with Gasteiger partial charge in [-0.05, 0) is 12.1 Å². The summed E-state index contributed by atoms with van der Waals surface area (Å²) < 4.78 is 23.0. The number of nitrogens with one attached hydrogen (secondary N) is 1. The Morgan fingerprint density at radius 3 is 1.90 bits per heavy atom. The number of hydrogen-bond acceptors (Lipinski definition) is 8. The number of hydrogen-bond donors (Lipinski definition) is 1. The zero-order valence-corrected chi connectivity index (χ0v) is 17.0. The van der Waals surface area contributed by atoms with E-state index in [-0.39, 0.29) is 0 Å². The molecule has 0 unspecified atom stereocenters. The number of methoxy groups -OCH3 is 4. The van der Waals surface area contributed by atoms with Crippen molar-refractivity contribution in [2.45, 2.75) is 0 Å². The molecule has 0 aliphatic heterocycles. The summed E-state index contributed by atoms with van der Waals surface area (Å²) in [6.07, 6.45) is 3.40. The quantitative estimate of drug-likeness (QED) is 0.497. The third-order valence-corrected chi connectivity index (χ3v) is 4.49. The van der Waals surface area contributed by atoms with Gasteiger partial charge in [0, 0.05) is 47.9 Å². The third kappa shape index (κ3) is 3.77. The lowest BCUT2D eigenvalue weighted by molar-refractivity contribution is 0.394. The lowest BCUT2D eigenvalue weighted by Crippen LogP contribution is -1.95. The van der Waals surface area contributed by atoms with Gasteiger partial charge in [-0.3, -0.25) is 4.98 Å². The van der Waals surface area contributed by atoms with Crippen LogP contribution in [0, 0.1) is 0 Å². The van der Waals surface area contributed by atoms with Crippen molar-refractivity contribution in [2.75, 3.05) is 33.8 Å². The van der Waals surface area contributed by atoms with Crippen molar-refractivity contribution in [1.82, 2.24) is 19.6 Å². The molecule has 0 spiro atoms. The molecule has 30 heavy (non-hydrogen) atoms. The molecule has 2 heterocycles. The molecule has 9 heteroatoms. The van der Waals surface area contributed by atoms with Gasteiger partial charge < -0.3 is 24.3 Å². The maximum atomic E-state index is 5.37. The van der Waals surface area contributed by atoms with Gasteiger partial charge in [0.05, 0.1) is 28.4 Å². The van der Waals surface area contributed by atoms with E-state index in [1.54, 1.807) is 57.5 Å². The van der Waals surface area contributed by atoms with E-state index < -0.39 is 0 Å². The van der Waals surface area contributed by atoms with Crippen LogP contribution in [-0.4, -0.2) is 48.0 Å². The predicted octanol–water partition coefficient (Wildman–Crippen LogP) is 3.57. The Balaban J connectivity index is 1.75. The van der Waals surface area contributed by atoms with E-state index in [1.165, 1.54) is 0 Å². The van der Waals surface area contributed by atoms with Crippen molar-refractivity contribution in [3.63, 3.8) is 0 Å². The summed E-state index contributed by atoms with van der Waals surface area (Å²) in [4.78, 5) is 9.12. The highest BCUT2D eigenvalue weighted by Crippen LogP contribution is 2.31. The number of fused-ring (bicyclic) bond motifs is 1. The smallest absolute Gasteiger partial charge is 0.247 e. The lowest BCUT2D eigenvalue weighted by atomic mass is 10.1. The largest absolute Gasteiger partial charge is 0.497 e. The fourth-order valence-electron chi connectivity index (χ4n) is 3.03. The summed E-state index contributed by atoms with van der Waals surface area (Å²) in [7, 11) is 6.41. The molecule has 2 aromatic heterocycles. The molecule has 1 N–H and O–H groups in total. The van der Waals surface area contributed by atoms with Crippen LogP contribution < -0.4 is 24.3 Å². The Labute approximate surface area is 173 Å². The Morgan fingerprint density at radius 1 is 0.767 bits per heavy atom. The maximum Gasteiger partial charge on any atom is 0.247 e. The molecule has 9 nitrogen and oxygen atoms in total. The number of nitrogens with zero attached hydrogens (tertiary/aromatic N) is 4. The molecular formula is C21H21N5O4. The summed E-state index contributed by atoms with van der Waals surface area (Å²) in [6.45, 7) is 0. The molecule has 4 aromatic rings. The average molecular weight is 407 g/mol. The van der Waals surface area contributed by atoms with Crippen LogP contribution in [0.5, 0.6) is 23.0 Å². The second-order valence-electron chi connectivity index (χ2n) is 6.31. The molecule has 0 bridgehead atoms. The second-order valence-corrected chi connectivity index (χ2v) is 6.31. The van der Waals surface area contributed by atoms with E-state index in [2.05, 4.69) is 20.4 Å². The fraction of sp³-hybridized carbons (Fsp3) is 0.190. The molecule has 0 aliphatic carbocycles. The van der Waals surface area contributed by atoms with Crippen LogP contribution in [0.2, 0.25) is 0 Å². The van der Waals surface area contributed by atoms with Gasteiger partial charge >= 0.3 is 0 Å². The van der Waals surface area contributed by atoms with Crippen LogP contribution in [0.3, 0.4) is 0 Å². The Morgan fingerprint density at radius 2 is 1.33 bits per heavy atom. The van der Waals surface area contributed by atoms with Gasteiger partial charge in [-0.15, -0.1) is 5.10 Å². The van der Waals surface area contributed by atoms with Gasteiger partial charge in [0.1, 0.15) is 28.7 Å². The number of ether oxygens (including phenoxy) is 4. The van der Waals surface area contributed by atoms with Crippen LogP contribution in [0.4, 0.5) is 11.6 Å². The van der Waals surface area contributed by atoms with Gasteiger partial charge in [0.15, 0.2) is 5.65 Å². The predicted molar refractivity (Wildman–Crippen MR) is 112 cm³/mol. The van der Waals surface area contributed by atoms with E-state index in [0.29, 0.717) is 40.3 Å². The van der Waals surface area contributed by atoms with Gasteiger partial charge in [-0.25, -0.2) is 4.52 Å². The standard InChI is InChI=1S/C21H21N5O4/c1-27-15-7-13(8-16(11-15)28-2)19-20-24-21(25-26(20)6-5-22-19)23-14-9-17(29-3)12-18(10-14)30-4/h5-12H,1-4H3,(H,23,25). The normalized spacial score (nSPS) is 10.7. The zero-order valence-electron chi connectivity index (χ0n) is 17.0. The van der Waals surface area contributed by atoms with Gasteiger partial charge in [-0.1, -0.05) is 0 Å². The summed E-state index contributed by atoms with van der Waals surface area (Å²) in [5, 5.41) is 7.69. The molecule has 0 aliphatic rings. The summed E-state index contributed by atoms with van der Waals surface area (Å²) in [6, 6.07) is 11.0. The molecule has 154 valence electrons. The molecule has 0 amide bonds. The second kappa shape index (κ2) is 8.16. The number of benzene rings is 2. The monoisotopic (exact) mass is 407 g/mol. The van der Waals surface area contributed by atoms with Gasteiger partial charge in [0.25, 0.3) is 0 Å². The first kappa shape index (κ1) is 19.3. The lowest BCUT2D eigenvalue weighted by Gasteiger charge is -2.08. The first-order valence-corrected chi connectivity index (χ1v) is 9.08. The molecule has 0 radical (unpaired) electrons. The summed E-state index contributed by atoms with van der Waals surface area (Å²) in [5.74, 6) is 3.05. The first-order valence-electron chi connectivity index (χ1n) is 9.08. The van der Waals surface area contributed by atoms with E-state index in [0.717, 1.165) is 11.3 Å². The van der Waals surface area contributed by atoms with Gasteiger partial charge in [0.2, 0.25) is 5.95 Å². The molecule has 0 fully saturated rings. The van der Waals surface area contributed by atoms with Crippen molar-refractivity contribution in [3.8, 4) is 34.3 Å². The SMILES string of the molecule is COc1cc(Nc2nc3c(-c4cc(OC)cc(OC)c4)nccn3n2)cc(OC)c1. The minimum Gasteiger partial charge on any atom is -0.497 e.